The van der Waals surface area contributed by atoms with E-state index in [0.717, 1.165) is 51.4 Å². The Labute approximate surface area is 430 Å². The van der Waals surface area contributed by atoms with Crippen molar-refractivity contribution in [2.75, 3.05) is 26.4 Å². The fourth-order valence-electron chi connectivity index (χ4n) is 9.34. The number of benzene rings is 2. The lowest BCUT2D eigenvalue weighted by molar-refractivity contribution is 0.258. The van der Waals surface area contributed by atoms with E-state index in [1.165, 1.54) is 205 Å². The molecule has 0 saturated carbocycles. The zero-order chi connectivity index (χ0) is 50.2. The molecule has 2 rings (SSSR count). The number of nitrogens with zero attached hydrogens (tertiary/aromatic N) is 2. The fraction of sp³-hybridized carbons (Fsp3) is 0.774. The Morgan fingerprint density at radius 2 is 0.486 bits per heavy atom. The Morgan fingerprint density at radius 1 is 0.286 bits per heavy atom. The first kappa shape index (κ1) is 62.7. The molecule has 0 spiro atoms. The third-order valence-electron chi connectivity index (χ3n) is 13.9. The summed E-state index contributed by atoms with van der Waals surface area (Å²) in [4.78, 5) is 0. The summed E-state index contributed by atoms with van der Waals surface area (Å²) in [7, 11) is 0. The standard InChI is InChI=1S/C62H108N2O6/c1-5-9-13-17-21-25-29-33-37-41-49-67-57-47-45-55(53-59(57)69-51-43-39-35-31-27-23-19-15-11-7-3)61(63-65)62(64-66)56-46-48-58(68-50-42-38-34-30-26-22-18-14-10-6-2)60(54-56)70-52-44-40-36-32-28-24-20-16-12-8-4/h45-48,53-54,65-66H,5-44,49-52H2,1-4H3/b63-61-,64-62+. The highest BCUT2D eigenvalue weighted by atomic mass is 16.5. The third-order valence-corrected chi connectivity index (χ3v) is 13.9. The second kappa shape index (κ2) is 46.6. The van der Waals surface area contributed by atoms with Crippen molar-refractivity contribution in [2.24, 2.45) is 10.3 Å². The summed E-state index contributed by atoms with van der Waals surface area (Å²) in [5.41, 5.74) is 1.39. The van der Waals surface area contributed by atoms with Crippen LogP contribution >= 0.6 is 0 Å². The molecule has 0 unspecified atom stereocenters. The van der Waals surface area contributed by atoms with E-state index in [1.54, 1.807) is 0 Å². The van der Waals surface area contributed by atoms with Crippen LogP contribution in [0.1, 0.15) is 296 Å². The number of rotatable bonds is 51. The Morgan fingerprint density at radius 3 is 0.700 bits per heavy atom. The molecule has 2 N–H and O–H groups in total. The molecule has 0 aromatic heterocycles. The van der Waals surface area contributed by atoms with Crippen LogP contribution in [0.4, 0.5) is 0 Å². The lowest BCUT2D eigenvalue weighted by atomic mass is 9.99. The molecule has 2 aromatic carbocycles. The maximum absolute atomic E-state index is 10.6. The van der Waals surface area contributed by atoms with Crippen LogP contribution in [0.5, 0.6) is 23.0 Å². The van der Waals surface area contributed by atoms with Crippen LogP contribution in [0, 0.1) is 0 Å². The Bertz CT molecular complexity index is 1430. The van der Waals surface area contributed by atoms with Gasteiger partial charge in [0.2, 0.25) is 0 Å². The second-order valence-electron chi connectivity index (χ2n) is 20.3. The molecule has 0 heterocycles. The number of hydrogen-bond acceptors (Lipinski definition) is 8. The maximum Gasteiger partial charge on any atom is 0.161 e. The first-order valence-electron chi connectivity index (χ1n) is 29.9. The molecular weight excluding hydrogens is 869 g/mol. The molecule has 0 amide bonds. The maximum atomic E-state index is 10.6. The summed E-state index contributed by atoms with van der Waals surface area (Å²) in [6.07, 6.45) is 50.5. The molecule has 0 radical (unpaired) electrons. The summed E-state index contributed by atoms with van der Waals surface area (Å²) in [6.45, 7) is 11.5. The van der Waals surface area contributed by atoms with Crippen LogP contribution in [0.15, 0.2) is 46.7 Å². The molecular formula is C62H108N2O6. The quantitative estimate of drug-likeness (QED) is 0.0296. The number of oxime groups is 2. The van der Waals surface area contributed by atoms with Gasteiger partial charge in [-0.1, -0.05) is 269 Å². The highest BCUT2D eigenvalue weighted by Gasteiger charge is 2.21. The van der Waals surface area contributed by atoms with Gasteiger partial charge in [-0.2, -0.15) is 0 Å². The van der Waals surface area contributed by atoms with Gasteiger partial charge in [0.1, 0.15) is 11.4 Å². The monoisotopic (exact) mass is 977 g/mol. The average Bonchev–Trinajstić information content (AvgIpc) is 3.37. The van der Waals surface area contributed by atoms with Crippen molar-refractivity contribution in [1.29, 1.82) is 0 Å². The highest BCUT2D eigenvalue weighted by molar-refractivity contribution is 6.53. The van der Waals surface area contributed by atoms with Crippen molar-refractivity contribution in [3.63, 3.8) is 0 Å². The molecule has 0 fully saturated rings. The Hall–Kier alpha value is -3.42. The van der Waals surface area contributed by atoms with Crippen molar-refractivity contribution in [1.82, 2.24) is 0 Å². The molecule has 0 aliphatic rings. The highest BCUT2D eigenvalue weighted by Crippen LogP contribution is 2.33. The van der Waals surface area contributed by atoms with E-state index in [1.807, 2.05) is 36.4 Å². The van der Waals surface area contributed by atoms with E-state index in [4.69, 9.17) is 18.9 Å². The summed E-state index contributed by atoms with van der Waals surface area (Å²) >= 11 is 0. The van der Waals surface area contributed by atoms with E-state index in [0.29, 0.717) is 60.6 Å². The first-order valence-corrected chi connectivity index (χ1v) is 29.9. The van der Waals surface area contributed by atoms with Crippen molar-refractivity contribution in [3.8, 4) is 23.0 Å². The summed E-state index contributed by atoms with van der Waals surface area (Å²) < 4.78 is 25.6. The minimum atomic E-state index is 0.132. The average molecular weight is 978 g/mol. The van der Waals surface area contributed by atoms with E-state index in [-0.39, 0.29) is 11.4 Å². The van der Waals surface area contributed by atoms with Gasteiger partial charge in [-0.15, -0.1) is 0 Å². The van der Waals surface area contributed by atoms with Gasteiger partial charge in [0.25, 0.3) is 0 Å². The van der Waals surface area contributed by atoms with Gasteiger partial charge in [-0.25, -0.2) is 0 Å². The number of unbranched alkanes of at least 4 members (excludes halogenated alkanes) is 36. The molecule has 8 nitrogen and oxygen atoms in total. The normalized spacial score (nSPS) is 11.9. The van der Waals surface area contributed by atoms with Crippen molar-refractivity contribution >= 4 is 11.4 Å². The fourth-order valence-corrected chi connectivity index (χ4v) is 9.34. The van der Waals surface area contributed by atoms with Crippen LogP contribution in [0.2, 0.25) is 0 Å². The smallest absolute Gasteiger partial charge is 0.161 e. The second-order valence-corrected chi connectivity index (χ2v) is 20.3. The predicted octanol–water partition coefficient (Wildman–Crippen LogP) is 19.9. The topological polar surface area (TPSA) is 102 Å². The van der Waals surface area contributed by atoms with Gasteiger partial charge in [0, 0.05) is 11.1 Å². The zero-order valence-corrected chi connectivity index (χ0v) is 46.0. The van der Waals surface area contributed by atoms with Gasteiger partial charge in [0.15, 0.2) is 23.0 Å². The molecule has 0 saturated heterocycles. The Kier molecular flexibility index (Phi) is 41.8. The lowest BCUT2D eigenvalue weighted by Crippen LogP contribution is -2.18. The number of ether oxygens (including phenoxy) is 4. The van der Waals surface area contributed by atoms with Gasteiger partial charge in [-0.3, -0.25) is 0 Å². The zero-order valence-electron chi connectivity index (χ0n) is 46.0. The largest absolute Gasteiger partial charge is 0.490 e. The van der Waals surface area contributed by atoms with Crippen molar-refractivity contribution in [3.05, 3.63) is 47.5 Å². The molecule has 8 heteroatoms. The minimum absolute atomic E-state index is 0.132. The molecule has 402 valence electrons. The van der Waals surface area contributed by atoms with E-state index in [9.17, 15) is 10.4 Å². The molecule has 0 aliphatic heterocycles. The van der Waals surface area contributed by atoms with Crippen LogP contribution < -0.4 is 18.9 Å². The van der Waals surface area contributed by atoms with Crippen LogP contribution in [0.3, 0.4) is 0 Å². The van der Waals surface area contributed by atoms with Crippen molar-refractivity contribution < 1.29 is 29.4 Å². The van der Waals surface area contributed by atoms with Crippen molar-refractivity contribution in [2.45, 2.75) is 285 Å². The van der Waals surface area contributed by atoms with E-state index >= 15 is 0 Å². The summed E-state index contributed by atoms with van der Waals surface area (Å²) in [5.74, 6) is 2.57. The molecule has 0 bridgehead atoms. The third kappa shape index (κ3) is 31.8. The van der Waals surface area contributed by atoms with Gasteiger partial charge >= 0.3 is 0 Å². The van der Waals surface area contributed by atoms with E-state index in [2.05, 4.69) is 38.0 Å². The van der Waals surface area contributed by atoms with E-state index < -0.39 is 0 Å². The van der Waals surface area contributed by atoms with Gasteiger partial charge in [-0.05, 0) is 62.1 Å². The van der Waals surface area contributed by atoms with Gasteiger partial charge in [0.05, 0.1) is 26.4 Å². The van der Waals surface area contributed by atoms with Crippen LogP contribution in [-0.4, -0.2) is 48.3 Å². The molecule has 70 heavy (non-hydrogen) atoms. The first-order chi connectivity index (χ1) is 34.6. The summed E-state index contributed by atoms with van der Waals surface area (Å²) in [5, 5.41) is 28.6. The number of hydrogen-bond donors (Lipinski definition) is 2. The lowest BCUT2D eigenvalue weighted by Gasteiger charge is -2.17. The van der Waals surface area contributed by atoms with Crippen LogP contribution in [0.25, 0.3) is 0 Å². The minimum Gasteiger partial charge on any atom is -0.490 e. The molecule has 0 atom stereocenters. The van der Waals surface area contributed by atoms with Gasteiger partial charge < -0.3 is 29.4 Å². The van der Waals surface area contributed by atoms with Crippen LogP contribution in [-0.2, 0) is 0 Å². The molecule has 0 aliphatic carbocycles. The summed E-state index contributed by atoms with van der Waals surface area (Å²) in [6, 6.07) is 11.2. The SMILES string of the molecule is CCCCCCCCCCCCOc1ccc(C(=N/O)/C(=N/O)c2ccc(OCCCCCCCCCCCC)c(OCCCCCCCCCCCC)c2)cc1OCCCCCCCCCCCC. The molecule has 2 aromatic rings. The Balaban J connectivity index is 2.15. The predicted molar refractivity (Wildman–Crippen MR) is 299 cm³/mol.